The number of rotatable bonds is 4. The first-order chi connectivity index (χ1) is 9.08. The van der Waals surface area contributed by atoms with Crippen LogP contribution in [0.15, 0.2) is 40.5 Å². The summed E-state index contributed by atoms with van der Waals surface area (Å²) in [5, 5.41) is 4.95. The molecular formula is C14H16N2O2S. The van der Waals surface area contributed by atoms with Crippen LogP contribution in [0.3, 0.4) is 0 Å². The summed E-state index contributed by atoms with van der Waals surface area (Å²) < 4.78 is 0. The second-order valence-electron chi connectivity index (χ2n) is 4.64. The summed E-state index contributed by atoms with van der Waals surface area (Å²) in [6.45, 7) is 4.11. The highest BCUT2D eigenvalue weighted by Gasteiger charge is 2.20. The molecule has 0 aromatic carbocycles. The van der Waals surface area contributed by atoms with Crippen LogP contribution >= 0.6 is 11.3 Å². The van der Waals surface area contributed by atoms with Gasteiger partial charge < -0.3 is 10.3 Å². The zero-order valence-corrected chi connectivity index (χ0v) is 11.7. The Hall–Kier alpha value is -1.88. The topological polar surface area (TPSA) is 62.0 Å². The van der Waals surface area contributed by atoms with Gasteiger partial charge in [-0.1, -0.05) is 26.0 Å². The Balaban J connectivity index is 2.18. The van der Waals surface area contributed by atoms with E-state index in [1.165, 1.54) is 6.07 Å². The van der Waals surface area contributed by atoms with Crippen LogP contribution in [-0.4, -0.2) is 10.9 Å². The lowest BCUT2D eigenvalue weighted by molar-refractivity contribution is 0.0921. The quantitative estimate of drug-likeness (QED) is 0.901. The predicted octanol–water partition coefficient (Wildman–Crippen LogP) is 2.56. The zero-order chi connectivity index (χ0) is 13.8. The lowest BCUT2D eigenvalue weighted by Crippen LogP contribution is -2.32. The molecular weight excluding hydrogens is 260 g/mol. The molecule has 1 amide bonds. The molecule has 2 aromatic heterocycles. The monoisotopic (exact) mass is 276 g/mol. The Bertz CT molecular complexity index is 602. The molecule has 5 heteroatoms. The van der Waals surface area contributed by atoms with E-state index in [-0.39, 0.29) is 29.1 Å². The zero-order valence-electron chi connectivity index (χ0n) is 10.8. The molecule has 2 rings (SSSR count). The molecule has 0 radical (unpaired) electrons. The van der Waals surface area contributed by atoms with Crippen molar-refractivity contribution in [2.24, 2.45) is 5.92 Å². The van der Waals surface area contributed by atoms with Crippen LogP contribution in [0.5, 0.6) is 0 Å². The van der Waals surface area contributed by atoms with Gasteiger partial charge in [0.05, 0.1) is 6.04 Å². The molecule has 2 heterocycles. The number of hydrogen-bond donors (Lipinski definition) is 2. The van der Waals surface area contributed by atoms with Crippen LogP contribution in [0.2, 0.25) is 0 Å². The fourth-order valence-electron chi connectivity index (χ4n) is 1.83. The van der Waals surface area contributed by atoms with Crippen molar-refractivity contribution in [3.8, 4) is 0 Å². The van der Waals surface area contributed by atoms with Gasteiger partial charge in [-0.25, -0.2) is 0 Å². The van der Waals surface area contributed by atoms with Crippen LogP contribution in [0.4, 0.5) is 0 Å². The number of hydrogen-bond acceptors (Lipinski definition) is 3. The molecule has 19 heavy (non-hydrogen) atoms. The number of pyridine rings is 1. The second kappa shape index (κ2) is 5.84. The summed E-state index contributed by atoms with van der Waals surface area (Å²) in [7, 11) is 0. The van der Waals surface area contributed by atoms with Gasteiger partial charge in [0, 0.05) is 10.9 Å². The van der Waals surface area contributed by atoms with E-state index in [0.29, 0.717) is 0 Å². The van der Waals surface area contributed by atoms with Crippen LogP contribution in [-0.2, 0) is 0 Å². The highest BCUT2D eigenvalue weighted by molar-refractivity contribution is 7.10. The van der Waals surface area contributed by atoms with Gasteiger partial charge in [-0.2, -0.15) is 0 Å². The molecule has 2 aromatic rings. The van der Waals surface area contributed by atoms with Crippen molar-refractivity contribution in [1.29, 1.82) is 0 Å². The summed E-state index contributed by atoms with van der Waals surface area (Å²) >= 11 is 1.61. The number of nitrogens with one attached hydrogen (secondary N) is 2. The molecule has 1 unspecified atom stereocenters. The van der Waals surface area contributed by atoms with Crippen molar-refractivity contribution in [2.75, 3.05) is 0 Å². The minimum Gasteiger partial charge on any atom is -0.343 e. The van der Waals surface area contributed by atoms with E-state index in [4.69, 9.17) is 0 Å². The van der Waals surface area contributed by atoms with E-state index >= 15 is 0 Å². The van der Waals surface area contributed by atoms with Gasteiger partial charge in [-0.15, -0.1) is 11.3 Å². The fraction of sp³-hybridized carbons (Fsp3) is 0.286. The van der Waals surface area contributed by atoms with Crippen molar-refractivity contribution >= 4 is 17.2 Å². The Morgan fingerprint density at radius 2 is 2.05 bits per heavy atom. The first-order valence-corrected chi connectivity index (χ1v) is 6.99. The van der Waals surface area contributed by atoms with Crippen molar-refractivity contribution in [2.45, 2.75) is 19.9 Å². The van der Waals surface area contributed by atoms with E-state index in [0.717, 1.165) is 4.88 Å². The molecule has 0 aliphatic rings. The molecule has 0 bridgehead atoms. The third-order valence-corrected chi connectivity index (χ3v) is 3.77. The van der Waals surface area contributed by atoms with Gasteiger partial charge >= 0.3 is 0 Å². The summed E-state index contributed by atoms with van der Waals surface area (Å²) in [4.78, 5) is 27.0. The fourth-order valence-corrected chi connectivity index (χ4v) is 2.78. The SMILES string of the molecule is CC(C)C(NC(=O)c1cccc(=O)[nH]1)c1cccs1. The Labute approximate surface area is 115 Å². The minimum atomic E-state index is -0.273. The van der Waals surface area contributed by atoms with E-state index in [9.17, 15) is 9.59 Å². The molecule has 1 atom stereocenters. The number of H-pyrrole nitrogens is 1. The Kier molecular flexibility index (Phi) is 4.16. The number of aromatic amines is 1. The standard InChI is InChI=1S/C14H16N2O2S/c1-9(2)13(11-6-4-8-19-11)16-14(18)10-5-3-7-12(17)15-10/h3-9,13H,1-2H3,(H,15,17)(H,16,18). The first kappa shape index (κ1) is 13.5. The van der Waals surface area contributed by atoms with Gasteiger partial charge in [0.1, 0.15) is 5.69 Å². The van der Waals surface area contributed by atoms with Gasteiger partial charge in [-0.3, -0.25) is 9.59 Å². The molecule has 2 N–H and O–H groups in total. The highest BCUT2D eigenvalue weighted by atomic mass is 32.1. The smallest absolute Gasteiger partial charge is 0.268 e. The normalized spacial score (nSPS) is 12.4. The van der Waals surface area contributed by atoms with Crippen molar-refractivity contribution < 1.29 is 4.79 Å². The largest absolute Gasteiger partial charge is 0.343 e. The second-order valence-corrected chi connectivity index (χ2v) is 5.62. The van der Waals surface area contributed by atoms with Crippen molar-refractivity contribution in [3.05, 3.63) is 56.6 Å². The maximum atomic E-state index is 12.1. The summed E-state index contributed by atoms with van der Waals surface area (Å²) in [5.41, 5.74) is 0.0135. The predicted molar refractivity (Wildman–Crippen MR) is 76.4 cm³/mol. The third-order valence-electron chi connectivity index (χ3n) is 2.82. The number of thiophene rings is 1. The minimum absolute atomic E-state index is 0.0452. The summed E-state index contributed by atoms with van der Waals surface area (Å²) in [5.74, 6) is 0.0165. The van der Waals surface area contributed by atoms with E-state index < -0.39 is 0 Å². The van der Waals surface area contributed by atoms with E-state index in [2.05, 4.69) is 24.1 Å². The average Bonchev–Trinajstić information content (AvgIpc) is 2.88. The molecule has 100 valence electrons. The molecule has 0 saturated heterocycles. The molecule has 4 nitrogen and oxygen atoms in total. The molecule has 0 aliphatic heterocycles. The molecule has 0 aliphatic carbocycles. The van der Waals surface area contributed by atoms with E-state index in [1.807, 2.05) is 17.5 Å². The average molecular weight is 276 g/mol. The van der Waals surface area contributed by atoms with Crippen molar-refractivity contribution in [1.82, 2.24) is 10.3 Å². The number of aromatic nitrogens is 1. The molecule has 0 saturated carbocycles. The number of carbonyl (C=O) groups is 1. The third kappa shape index (κ3) is 3.32. The highest BCUT2D eigenvalue weighted by Crippen LogP contribution is 2.25. The van der Waals surface area contributed by atoms with Crippen molar-refractivity contribution in [3.63, 3.8) is 0 Å². The van der Waals surface area contributed by atoms with Gasteiger partial charge in [0.2, 0.25) is 5.56 Å². The molecule has 0 fully saturated rings. The Morgan fingerprint density at radius 1 is 1.26 bits per heavy atom. The van der Waals surface area contributed by atoms with E-state index in [1.54, 1.807) is 23.5 Å². The molecule has 0 spiro atoms. The lowest BCUT2D eigenvalue weighted by atomic mass is 10.0. The maximum absolute atomic E-state index is 12.1. The Morgan fingerprint density at radius 3 is 2.63 bits per heavy atom. The first-order valence-electron chi connectivity index (χ1n) is 6.11. The van der Waals surface area contributed by atoms with Gasteiger partial charge in [-0.05, 0) is 23.4 Å². The summed E-state index contributed by atoms with van der Waals surface area (Å²) in [6, 6.07) is 8.48. The lowest BCUT2D eigenvalue weighted by Gasteiger charge is -2.21. The summed E-state index contributed by atoms with van der Waals surface area (Å²) in [6.07, 6.45) is 0. The number of carbonyl (C=O) groups excluding carboxylic acids is 1. The van der Waals surface area contributed by atoms with Crippen LogP contribution < -0.4 is 10.9 Å². The van der Waals surface area contributed by atoms with Gasteiger partial charge in [0.25, 0.3) is 5.91 Å². The van der Waals surface area contributed by atoms with Gasteiger partial charge in [0.15, 0.2) is 0 Å². The van der Waals surface area contributed by atoms with Crippen LogP contribution in [0.1, 0.15) is 35.3 Å². The maximum Gasteiger partial charge on any atom is 0.268 e. The van der Waals surface area contributed by atoms with Crippen LogP contribution in [0.25, 0.3) is 0 Å². The van der Waals surface area contributed by atoms with Crippen LogP contribution in [0, 0.1) is 5.92 Å². The number of amides is 1.